The van der Waals surface area contributed by atoms with Gasteiger partial charge in [-0.3, -0.25) is 4.79 Å². The number of Topliss-reactive ketones (excluding diaryl/α,β-unsaturated/α-hetero) is 1. The summed E-state index contributed by atoms with van der Waals surface area (Å²) in [5.41, 5.74) is 0. The third-order valence-electron chi connectivity index (χ3n) is 0.819. The van der Waals surface area contributed by atoms with Gasteiger partial charge in [0.15, 0.2) is 11.5 Å². The van der Waals surface area contributed by atoms with E-state index in [0.717, 1.165) is 0 Å². The number of ketones is 1. The smallest absolute Gasteiger partial charge is 0.194 e. The van der Waals surface area contributed by atoms with Gasteiger partial charge in [-0.15, -0.1) is 0 Å². The Hall–Kier alpha value is -1.05. The molecule has 2 heteroatoms. The average Bonchev–Trinajstić information content (AvgIpc) is 1.82. The lowest BCUT2D eigenvalue weighted by Gasteiger charge is -1.97. The van der Waals surface area contributed by atoms with Crippen LogP contribution in [0.4, 0.5) is 0 Å². The van der Waals surface area contributed by atoms with E-state index in [1.807, 2.05) is 0 Å². The number of carbonyl (C=O) groups is 1. The van der Waals surface area contributed by atoms with E-state index in [9.17, 15) is 4.79 Å². The fraction of sp³-hybridized carbons (Fsp3) is 0.286. The van der Waals surface area contributed by atoms with Crippen molar-refractivity contribution in [2.45, 2.75) is 13.8 Å². The summed E-state index contributed by atoms with van der Waals surface area (Å²) in [5, 5.41) is 0. The standard InChI is InChI=1S/C7H10O2/c1-4-7(6(3)8)9-5-2/h4-5H,2H2,1,3H3/b7-4-. The van der Waals surface area contributed by atoms with E-state index in [1.54, 1.807) is 13.0 Å². The van der Waals surface area contributed by atoms with Crippen LogP contribution in [0.15, 0.2) is 24.7 Å². The fourth-order valence-electron chi connectivity index (χ4n) is 0.444. The third kappa shape index (κ3) is 2.69. The lowest BCUT2D eigenvalue weighted by Crippen LogP contribution is -1.96. The van der Waals surface area contributed by atoms with Crippen LogP contribution < -0.4 is 0 Å². The van der Waals surface area contributed by atoms with Crippen molar-refractivity contribution in [1.82, 2.24) is 0 Å². The van der Waals surface area contributed by atoms with Gasteiger partial charge in [0.2, 0.25) is 0 Å². The highest BCUT2D eigenvalue weighted by Crippen LogP contribution is 1.97. The van der Waals surface area contributed by atoms with E-state index >= 15 is 0 Å². The van der Waals surface area contributed by atoms with Gasteiger partial charge in [0.1, 0.15) is 0 Å². The normalized spacial score (nSPS) is 10.7. The van der Waals surface area contributed by atoms with E-state index in [1.165, 1.54) is 13.2 Å². The SMILES string of the molecule is C=CO/C(=C\C)C(C)=O. The van der Waals surface area contributed by atoms with Crippen LogP contribution in [0, 0.1) is 0 Å². The Morgan fingerprint density at radius 3 is 2.33 bits per heavy atom. The highest BCUT2D eigenvalue weighted by atomic mass is 16.5. The molecule has 0 rings (SSSR count). The lowest BCUT2D eigenvalue weighted by atomic mass is 10.3. The van der Waals surface area contributed by atoms with E-state index in [0.29, 0.717) is 5.76 Å². The molecule has 0 spiro atoms. The largest absolute Gasteiger partial charge is 0.462 e. The molecule has 0 aliphatic rings. The van der Waals surface area contributed by atoms with Crippen molar-refractivity contribution >= 4 is 5.78 Å². The highest BCUT2D eigenvalue weighted by molar-refractivity contribution is 5.91. The molecule has 0 amide bonds. The summed E-state index contributed by atoms with van der Waals surface area (Å²) in [7, 11) is 0. The van der Waals surface area contributed by atoms with Crippen molar-refractivity contribution in [2.75, 3.05) is 0 Å². The van der Waals surface area contributed by atoms with Crippen LogP contribution in [0.2, 0.25) is 0 Å². The number of rotatable bonds is 3. The zero-order chi connectivity index (χ0) is 7.28. The first-order valence-electron chi connectivity index (χ1n) is 2.67. The zero-order valence-electron chi connectivity index (χ0n) is 5.68. The summed E-state index contributed by atoms with van der Waals surface area (Å²) in [5.74, 6) is 0.252. The maximum absolute atomic E-state index is 10.5. The van der Waals surface area contributed by atoms with E-state index in [4.69, 9.17) is 4.74 Å². The molecule has 0 bridgehead atoms. The first kappa shape index (κ1) is 7.95. The van der Waals surface area contributed by atoms with Gasteiger partial charge in [0.05, 0.1) is 6.26 Å². The number of carbonyl (C=O) groups excluding carboxylic acids is 1. The Labute approximate surface area is 54.8 Å². The monoisotopic (exact) mass is 126 g/mol. The van der Waals surface area contributed by atoms with Gasteiger partial charge in [-0.25, -0.2) is 0 Å². The van der Waals surface area contributed by atoms with E-state index in [2.05, 4.69) is 6.58 Å². The van der Waals surface area contributed by atoms with Gasteiger partial charge in [0.25, 0.3) is 0 Å². The summed E-state index contributed by atoms with van der Waals surface area (Å²) >= 11 is 0. The molecule has 0 N–H and O–H groups in total. The maximum atomic E-state index is 10.5. The summed E-state index contributed by atoms with van der Waals surface area (Å²) in [6.45, 7) is 6.50. The van der Waals surface area contributed by atoms with Crippen molar-refractivity contribution in [3.8, 4) is 0 Å². The molecule has 50 valence electrons. The van der Waals surface area contributed by atoms with Crippen molar-refractivity contribution in [3.63, 3.8) is 0 Å². The Bertz CT molecular complexity index is 145. The van der Waals surface area contributed by atoms with Crippen molar-refractivity contribution in [1.29, 1.82) is 0 Å². The second-order valence-electron chi connectivity index (χ2n) is 1.49. The molecule has 9 heavy (non-hydrogen) atoms. The first-order chi connectivity index (χ1) is 4.22. The average molecular weight is 126 g/mol. The second-order valence-corrected chi connectivity index (χ2v) is 1.49. The molecule has 0 atom stereocenters. The molecule has 0 saturated carbocycles. The molecular formula is C7H10O2. The summed E-state index contributed by atoms with van der Waals surface area (Å²) in [6.07, 6.45) is 2.83. The molecule has 0 radical (unpaired) electrons. The summed E-state index contributed by atoms with van der Waals surface area (Å²) in [6, 6.07) is 0. The zero-order valence-corrected chi connectivity index (χ0v) is 5.68. The molecule has 0 aliphatic carbocycles. The molecule has 0 fully saturated rings. The van der Waals surface area contributed by atoms with Crippen LogP contribution in [0.5, 0.6) is 0 Å². The van der Waals surface area contributed by atoms with Crippen LogP contribution in [-0.2, 0) is 9.53 Å². The van der Waals surface area contributed by atoms with Crippen LogP contribution in [0.3, 0.4) is 0 Å². The topological polar surface area (TPSA) is 26.3 Å². The van der Waals surface area contributed by atoms with Crippen LogP contribution >= 0.6 is 0 Å². The van der Waals surface area contributed by atoms with Gasteiger partial charge in [-0.2, -0.15) is 0 Å². The predicted octanol–water partition coefficient (Wildman–Crippen LogP) is 1.64. The van der Waals surface area contributed by atoms with Crippen molar-refractivity contribution < 1.29 is 9.53 Å². The third-order valence-corrected chi connectivity index (χ3v) is 0.819. The van der Waals surface area contributed by atoms with E-state index < -0.39 is 0 Å². The molecule has 0 heterocycles. The van der Waals surface area contributed by atoms with Gasteiger partial charge < -0.3 is 4.74 Å². The summed E-state index contributed by atoms with van der Waals surface area (Å²) in [4.78, 5) is 10.5. The maximum Gasteiger partial charge on any atom is 0.194 e. The molecule has 2 nitrogen and oxygen atoms in total. The first-order valence-corrected chi connectivity index (χ1v) is 2.67. The summed E-state index contributed by atoms with van der Waals surface area (Å²) < 4.78 is 4.73. The molecule has 0 aromatic heterocycles. The minimum atomic E-state index is -0.0857. The van der Waals surface area contributed by atoms with Gasteiger partial charge >= 0.3 is 0 Å². The number of ether oxygens (including phenoxy) is 1. The number of hydrogen-bond donors (Lipinski definition) is 0. The lowest BCUT2D eigenvalue weighted by molar-refractivity contribution is -0.116. The Morgan fingerprint density at radius 1 is 1.67 bits per heavy atom. The second kappa shape index (κ2) is 3.89. The molecule has 0 aromatic rings. The molecular weight excluding hydrogens is 116 g/mol. The van der Waals surface area contributed by atoms with Crippen LogP contribution in [-0.4, -0.2) is 5.78 Å². The molecule has 0 aromatic carbocycles. The van der Waals surface area contributed by atoms with E-state index in [-0.39, 0.29) is 5.78 Å². The number of allylic oxidation sites excluding steroid dienone is 2. The number of hydrogen-bond acceptors (Lipinski definition) is 2. The Balaban J connectivity index is 4.00. The quantitative estimate of drug-likeness (QED) is 0.424. The highest BCUT2D eigenvalue weighted by Gasteiger charge is 1.98. The van der Waals surface area contributed by atoms with Gasteiger partial charge in [0, 0.05) is 6.92 Å². The molecule has 0 aliphatic heterocycles. The van der Waals surface area contributed by atoms with Crippen LogP contribution in [0.25, 0.3) is 0 Å². The predicted molar refractivity (Wildman–Crippen MR) is 35.7 cm³/mol. The van der Waals surface area contributed by atoms with Gasteiger partial charge in [-0.1, -0.05) is 6.58 Å². The molecule has 0 saturated heterocycles. The van der Waals surface area contributed by atoms with Crippen molar-refractivity contribution in [2.24, 2.45) is 0 Å². The minimum absolute atomic E-state index is 0.0857. The van der Waals surface area contributed by atoms with Gasteiger partial charge in [-0.05, 0) is 13.0 Å². The Kier molecular flexibility index (Phi) is 3.44. The fourth-order valence-corrected chi connectivity index (χ4v) is 0.444. The van der Waals surface area contributed by atoms with Crippen molar-refractivity contribution in [3.05, 3.63) is 24.7 Å². The molecule has 0 unspecified atom stereocenters. The Morgan fingerprint density at radius 2 is 2.22 bits per heavy atom. The van der Waals surface area contributed by atoms with Crippen LogP contribution in [0.1, 0.15) is 13.8 Å². The minimum Gasteiger partial charge on any atom is -0.462 e.